The van der Waals surface area contributed by atoms with Gasteiger partial charge in [-0.2, -0.15) is 0 Å². The summed E-state index contributed by atoms with van der Waals surface area (Å²) in [6.07, 6.45) is 0. The minimum Gasteiger partial charge on any atom is -0.457 e. The van der Waals surface area contributed by atoms with Crippen molar-refractivity contribution < 1.29 is 23.5 Å². The van der Waals surface area contributed by atoms with E-state index in [4.69, 9.17) is 16.3 Å². The fourth-order valence-electron chi connectivity index (χ4n) is 3.75. The Labute approximate surface area is 222 Å². The molecule has 2 N–H and O–H groups in total. The summed E-state index contributed by atoms with van der Waals surface area (Å²) in [5, 5.41) is 5.33. The Balaban J connectivity index is 1.26. The van der Waals surface area contributed by atoms with Gasteiger partial charge in [0.15, 0.2) is 0 Å². The highest BCUT2D eigenvalue weighted by Crippen LogP contribution is 2.30. The fraction of sp³-hybridized carbons (Fsp3) is 0. The average Bonchev–Trinajstić information content (AvgIpc) is 3.14. The maximum absolute atomic E-state index is 13.3. The van der Waals surface area contributed by atoms with Crippen LogP contribution >= 0.6 is 11.6 Å². The lowest BCUT2D eigenvalue weighted by Gasteiger charge is -2.15. The van der Waals surface area contributed by atoms with E-state index in [1.54, 1.807) is 42.5 Å². The van der Waals surface area contributed by atoms with Gasteiger partial charge in [0.1, 0.15) is 28.0 Å². The molecule has 5 rings (SSSR count). The number of halogens is 2. The Bertz CT molecular complexity index is 1560. The van der Waals surface area contributed by atoms with Gasteiger partial charge in [-0.1, -0.05) is 35.9 Å². The first kappa shape index (κ1) is 24.7. The SMILES string of the molecule is O=C(Nc1ccc(Oc2ccccc2)cc1)c1cccc(NC2=C(Cl)C(=O)N(c3ccc(F)cc3)C2=O)c1. The molecule has 0 saturated carbocycles. The molecule has 0 radical (unpaired) electrons. The van der Waals surface area contributed by atoms with Crippen molar-refractivity contribution in [2.75, 3.05) is 15.5 Å². The number of nitrogens with one attached hydrogen (secondary N) is 2. The van der Waals surface area contributed by atoms with Crippen LogP contribution in [0.4, 0.5) is 21.5 Å². The molecule has 0 aromatic heterocycles. The molecule has 0 fully saturated rings. The Kier molecular flexibility index (Phi) is 6.88. The third-order valence-electron chi connectivity index (χ3n) is 5.60. The van der Waals surface area contributed by atoms with Crippen LogP contribution < -0.4 is 20.3 Å². The highest BCUT2D eigenvalue weighted by Gasteiger charge is 2.39. The Morgan fingerprint density at radius 3 is 2.16 bits per heavy atom. The van der Waals surface area contributed by atoms with Crippen LogP contribution in [-0.4, -0.2) is 17.7 Å². The van der Waals surface area contributed by atoms with E-state index in [-0.39, 0.29) is 22.3 Å². The van der Waals surface area contributed by atoms with E-state index in [1.807, 2.05) is 30.3 Å². The summed E-state index contributed by atoms with van der Waals surface area (Å²) in [4.78, 5) is 39.3. The van der Waals surface area contributed by atoms with Gasteiger partial charge in [0.25, 0.3) is 17.7 Å². The summed E-state index contributed by atoms with van der Waals surface area (Å²) in [6.45, 7) is 0. The second-order valence-electron chi connectivity index (χ2n) is 8.21. The van der Waals surface area contributed by atoms with Crippen molar-refractivity contribution >= 4 is 46.4 Å². The third kappa shape index (κ3) is 5.25. The number of para-hydroxylation sites is 1. The maximum Gasteiger partial charge on any atom is 0.283 e. The molecule has 188 valence electrons. The number of ether oxygens (including phenoxy) is 1. The number of nitrogens with zero attached hydrogens (tertiary/aromatic N) is 1. The zero-order valence-corrected chi connectivity index (χ0v) is 20.4. The van der Waals surface area contributed by atoms with E-state index in [0.717, 1.165) is 17.0 Å². The third-order valence-corrected chi connectivity index (χ3v) is 5.95. The highest BCUT2D eigenvalue weighted by molar-refractivity contribution is 6.53. The molecule has 0 spiro atoms. The number of benzene rings is 4. The molecule has 38 heavy (non-hydrogen) atoms. The van der Waals surface area contributed by atoms with Crippen molar-refractivity contribution in [3.63, 3.8) is 0 Å². The Morgan fingerprint density at radius 2 is 1.45 bits per heavy atom. The predicted octanol–water partition coefficient (Wildman–Crippen LogP) is 6.31. The van der Waals surface area contributed by atoms with Gasteiger partial charge in [0.05, 0.1) is 5.69 Å². The normalized spacial score (nSPS) is 13.1. The van der Waals surface area contributed by atoms with Crippen LogP contribution in [0.15, 0.2) is 114 Å². The van der Waals surface area contributed by atoms with E-state index in [2.05, 4.69) is 10.6 Å². The molecule has 3 amide bonds. The number of anilines is 3. The topological polar surface area (TPSA) is 87.7 Å². The standard InChI is InChI=1S/C29H19ClFN3O4/c30-25-26(29(37)34(28(25)36)22-13-9-19(31)10-14-22)32-21-6-4-5-18(17-21)27(35)33-20-11-15-24(16-12-20)38-23-7-2-1-3-8-23/h1-17,32H,(H,33,35). The summed E-state index contributed by atoms with van der Waals surface area (Å²) in [5.74, 6) is -0.995. The minimum atomic E-state index is -0.737. The predicted molar refractivity (Wildman–Crippen MR) is 143 cm³/mol. The van der Waals surface area contributed by atoms with E-state index in [0.29, 0.717) is 28.4 Å². The molecule has 0 bridgehead atoms. The molecule has 4 aromatic carbocycles. The lowest BCUT2D eigenvalue weighted by molar-refractivity contribution is -0.120. The van der Waals surface area contributed by atoms with E-state index in [1.165, 1.54) is 18.2 Å². The molecule has 1 aliphatic rings. The van der Waals surface area contributed by atoms with Gasteiger partial charge in [0, 0.05) is 16.9 Å². The summed E-state index contributed by atoms with van der Waals surface area (Å²) in [6, 6.07) is 27.5. The van der Waals surface area contributed by atoms with Crippen molar-refractivity contribution in [2.45, 2.75) is 0 Å². The van der Waals surface area contributed by atoms with Gasteiger partial charge in [0.2, 0.25) is 0 Å². The first-order valence-corrected chi connectivity index (χ1v) is 11.8. The van der Waals surface area contributed by atoms with Crippen LogP contribution in [0.3, 0.4) is 0 Å². The lowest BCUT2D eigenvalue weighted by atomic mass is 10.1. The zero-order valence-electron chi connectivity index (χ0n) is 19.7. The van der Waals surface area contributed by atoms with E-state index >= 15 is 0 Å². The van der Waals surface area contributed by atoms with Gasteiger partial charge in [-0.3, -0.25) is 14.4 Å². The first-order chi connectivity index (χ1) is 18.4. The highest BCUT2D eigenvalue weighted by atomic mass is 35.5. The number of carbonyl (C=O) groups is 3. The number of amides is 3. The average molecular weight is 528 g/mol. The number of carbonyl (C=O) groups excluding carboxylic acids is 3. The van der Waals surface area contributed by atoms with Crippen molar-refractivity contribution in [3.8, 4) is 11.5 Å². The number of hydrogen-bond donors (Lipinski definition) is 2. The van der Waals surface area contributed by atoms with Gasteiger partial charge in [-0.25, -0.2) is 9.29 Å². The molecule has 0 aliphatic carbocycles. The molecule has 0 unspecified atom stereocenters. The minimum absolute atomic E-state index is 0.146. The molecule has 4 aromatic rings. The van der Waals surface area contributed by atoms with Crippen LogP contribution in [0.2, 0.25) is 0 Å². The van der Waals surface area contributed by atoms with Gasteiger partial charge in [-0.05, 0) is 78.9 Å². The first-order valence-electron chi connectivity index (χ1n) is 11.4. The van der Waals surface area contributed by atoms with Crippen molar-refractivity contribution in [3.05, 3.63) is 125 Å². The molecule has 9 heteroatoms. The quantitative estimate of drug-likeness (QED) is 0.275. The van der Waals surface area contributed by atoms with E-state index in [9.17, 15) is 18.8 Å². The summed E-state index contributed by atoms with van der Waals surface area (Å²) >= 11 is 6.16. The fourth-order valence-corrected chi connectivity index (χ4v) is 3.97. The molecule has 1 heterocycles. The largest absolute Gasteiger partial charge is 0.457 e. The molecular weight excluding hydrogens is 509 g/mol. The van der Waals surface area contributed by atoms with Crippen molar-refractivity contribution in [1.29, 1.82) is 0 Å². The van der Waals surface area contributed by atoms with Crippen LogP contribution in [0.1, 0.15) is 10.4 Å². The molecule has 0 atom stereocenters. The molecule has 1 aliphatic heterocycles. The maximum atomic E-state index is 13.3. The number of imide groups is 1. The van der Waals surface area contributed by atoms with Crippen LogP contribution in [-0.2, 0) is 9.59 Å². The van der Waals surface area contributed by atoms with Gasteiger partial charge >= 0.3 is 0 Å². The van der Waals surface area contributed by atoms with E-state index < -0.39 is 17.6 Å². The van der Waals surface area contributed by atoms with Gasteiger partial charge in [-0.15, -0.1) is 0 Å². The summed E-state index contributed by atoms with van der Waals surface area (Å²) in [5.41, 5.74) is 1.28. The van der Waals surface area contributed by atoms with Crippen LogP contribution in [0, 0.1) is 5.82 Å². The Hall–Kier alpha value is -4.95. The van der Waals surface area contributed by atoms with Crippen LogP contribution in [0.25, 0.3) is 0 Å². The summed E-state index contributed by atoms with van der Waals surface area (Å²) in [7, 11) is 0. The number of rotatable bonds is 7. The summed E-state index contributed by atoms with van der Waals surface area (Å²) < 4.78 is 19.0. The molecule has 0 saturated heterocycles. The second kappa shape index (κ2) is 10.6. The smallest absolute Gasteiger partial charge is 0.283 e. The number of hydrogen-bond acceptors (Lipinski definition) is 5. The lowest BCUT2D eigenvalue weighted by Crippen LogP contribution is -2.32. The van der Waals surface area contributed by atoms with Crippen molar-refractivity contribution in [2.24, 2.45) is 0 Å². The molecular formula is C29H19ClFN3O4. The van der Waals surface area contributed by atoms with Gasteiger partial charge < -0.3 is 15.4 Å². The van der Waals surface area contributed by atoms with Crippen LogP contribution in [0.5, 0.6) is 11.5 Å². The Morgan fingerprint density at radius 1 is 0.763 bits per heavy atom. The van der Waals surface area contributed by atoms with Crippen molar-refractivity contribution in [1.82, 2.24) is 0 Å². The molecule has 7 nitrogen and oxygen atoms in total. The second-order valence-corrected chi connectivity index (χ2v) is 8.59. The monoisotopic (exact) mass is 527 g/mol. The zero-order chi connectivity index (χ0) is 26.6.